The molecule has 4 rings (SSSR count). The van der Waals surface area contributed by atoms with E-state index in [4.69, 9.17) is 22.1 Å². The Labute approximate surface area is 154 Å². The first-order valence-electron chi connectivity index (χ1n) is 9.20. The highest BCUT2D eigenvalue weighted by molar-refractivity contribution is 6.30. The van der Waals surface area contributed by atoms with Gasteiger partial charge in [-0.1, -0.05) is 35.9 Å². The minimum Gasteiger partial charge on any atom is -0.484 e. The van der Waals surface area contributed by atoms with Gasteiger partial charge in [0.05, 0.1) is 6.04 Å². The molecule has 25 heavy (non-hydrogen) atoms. The van der Waals surface area contributed by atoms with Gasteiger partial charge in [0.15, 0.2) is 0 Å². The standard InChI is InChI=1S/C21H25ClN2O/c22-16-8-10-18(11-9-16)25-21-19-6-2-1-4-15(19)7-12-20(21)24-13-3-5-17(23)14-24/h1-2,4,6,8-11,17,20-21H,3,5,7,12-14,23H2/t17-,20?,21?/m0/s1. The number of hydrogen-bond donors (Lipinski definition) is 1. The van der Waals surface area contributed by atoms with Crippen LogP contribution in [0.5, 0.6) is 5.75 Å². The minimum atomic E-state index is 0.0384. The molecular formula is C21H25ClN2O. The quantitative estimate of drug-likeness (QED) is 0.895. The summed E-state index contributed by atoms with van der Waals surface area (Å²) in [6, 6.07) is 17.0. The largest absolute Gasteiger partial charge is 0.484 e. The molecule has 1 aliphatic heterocycles. The molecule has 1 heterocycles. The number of nitrogens with two attached hydrogens (primary N) is 1. The summed E-state index contributed by atoms with van der Waals surface area (Å²) < 4.78 is 6.50. The highest BCUT2D eigenvalue weighted by Gasteiger charge is 2.36. The van der Waals surface area contributed by atoms with E-state index in [1.165, 1.54) is 17.5 Å². The molecule has 2 aromatic rings. The molecule has 0 bridgehead atoms. The predicted molar refractivity (Wildman–Crippen MR) is 102 cm³/mol. The molecule has 1 fully saturated rings. The zero-order valence-electron chi connectivity index (χ0n) is 14.4. The number of ether oxygens (including phenoxy) is 1. The van der Waals surface area contributed by atoms with Crippen LogP contribution in [0.1, 0.15) is 36.5 Å². The van der Waals surface area contributed by atoms with Crippen molar-refractivity contribution in [3.8, 4) is 5.75 Å². The summed E-state index contributed by atoms with van der Waals surface area (Å²) in [7, 11) is 0. The number of halogens is 1. The van der Waals surface area contributed by atoms with E-state index < -0.39 is 0 Å². The second kappa shape index (κ2) is 7.36. The van der Waals surface area contributed by atoms with Crippen molar-refractivity contribution >= 4 is 11.6 Å². The van der Waals surface area contributed by atoms with Gasteiger partial charge in [-0.15, -0.1) is 0 Å². The normalized spacial score (nSPS) is 26.9. The molecule has 0 aromatic heterocycles. The maximum atomic E-state index is 6.50. The molecule has 1 aliphatic carbocycles. The van der Waals surface area contributed by atoms with E-state index in [0.717, 1.165) is 43.1 Å². The van der Waals surface area contributed by atoms with Gasteiger partial charge in [-0.05, 0) is 67.6 Å². The molecule has 1 saturated heterocycles. The second-order valence-corrected chi connectivity index (χ2v) is 7.63. The van der Waals surface area contributed by atoms with Crippen molar-refractivity contribution in [1.29, 1.82) is 0 Å². The van der Waals surface area contributed by atoms with Crippen LogP contribution in [0.25, 0.3) is 0 Å². The molecule has 2 aromatic carbocycles. The Morgan fingerprint density at radius 1 is 1.04 bits per heavy atom. The molecule has 3 atom stereocenters. The Morgan fingerprint density at radius 2 is 1.84 bits per heavy atom. The van der Waals surface area contributed by atoms with Crippen LogP contribution < -0.4 is 10.5 Å². The lowest BCUT2D eigenvalue weighted by Gasteiger charge is -2.43. The highest BCUT2D eigenvalue weighted by atomic mass is 35.5. The van der Waals surface area contributed by atoms with Crippen LogP contribution in [0, 0.1) is 0 Å². The molecule has 2 aliphatic rings. The molecule has 0 saturated carbocycles. The molecule has 2 unspecified atom stereocenters. The maximum Gasteiger partial charge on any atom is 0.139 e. The van der Waals surface area contributed by atoms with Crippen molar-refractivity contribution in [3.63, 3.8) is 0 Å². The fourth-order valence-electron chi connectivity index (χ4n) is 4.22. The molecule has 0 spiro atoms. The lowest BCUT2D eigenvalue weighted by molar-refractivity contribution is 0.0367. The van der Waals surface area contributed by atoms with Gasteiger partial charge in [0.2, 0.25) is 0 Å². The average molecular weight is 357 g/mol. The van der Waals surface area contributed by atoms with Gasteiger partial charge in [-0.2, -0.15) is 0 Å². The second-order valence-electron chi connectivity index (χ2n) is 7.19. The molecule has 0 amide bonds. The molecule has 0 radical (unpaired) electrons. The molecule has 132 valence electrons. The molecule has 4 heteroatoms. The Kier molecular flexibility index (Phi) is 4.98. The van der Waals surface area contributed by atoms with Gasteiger partial charge < -0.3 is 10.5 Å². The van der Waals surface area contributed by atoms with Gasteiger partial charge in [-0.3, -0.25) is 4.90 Å². The van der Waals surface area contributed by atoms with Crippen LogP contribution in [-0.4, -0.2) is 30.1 Å². The van der Waals surface area contributed by atoms with Crippen LogP contribution in [0.15, 0.2) is 48.5 Å². The summed E-state index contributed by atoms with van der Waals surface area (Å²) in [6.07, 6.45) is 4.56. The van der Waals surface area contributed by atoms with Gasteiger partial charge in [0, 0.05) is 17.6 Å². The van der Waals surface area contributed by atoms with Crippen molar-refractivity contribution in [2.24, 2.45) is 5.73 Å². The van der Waals surface area contributed by atoms with Crippen LogP contribution in [0.4, 0.5) is 0 Å². The van der Waals surface area contributed by atoms with Gasteiger partial charge in [-0.25, -0.2) is 0 Å². The number of nitrogens with zero attached hydrogens (tertiary/aromatic N) is 1. The Bertz CT molecular complexity index is 718. The first kappa shape index (κ1) is 16.9. The number of rotatable bonds is 3. The fourth-order valence-corrected chi connectivity index (χ4v) is 4.34. The monoisotopic (exact) mass is 356 g/mol. The average Bonchev–Trinajstić information content (AvgIpc) is 2.64. The van der Waals surface area contributed by atoms with Crippen molar-refractivity contribution in [2.75, 3.05) is 13.1 Å². The van der Waals surface area contributed by atoms with Gasteiger partial charge in [0.25, 0.3) is 0 Å². The summed E-state index contributed by atoms with van der Waals surface area (Å²) in [4.78, 5) is 2.55. The van der Waals surface area contributed by atoms with E-state index in [9.17, 15) is 0 Å². The third kappa shape index (κ3) is 3.69. The number of piperidine rings is 1. The first-order chi connectivity index (χ1) is 12.2. The first-order valence-corrected chi connectivity index (χ1v) is 9.58. The Balaban J connectivity index is 1.64. The molecule has 2 N–H and O–H groups in total. The molecule has 3 nitrogen and oxygen atoms in total. The van der Waals surface area contributed by atoms with E-state index in [2.05, 4.69) is 29.2 Å². The summed E-state index contributed by atoms with van der Waals surface area (Å²) in [5.74, 6) is 0.873. The van der Waals surface area contributed by atoms with E-state index in [1.807, 2.05) is 24.3 Å². The number of likely N-dealkylation sites (tertiary alicyclic amines) is 1. The minimum absolute atomic E-state index is 0.0384. The fraction of sp³-hybridized carbons (Fsp3) is 0.429. The summed E-state index contributed by atoms with van der Waals surface area (Å²) >= 11 is 6.02. The van der Waals surface area contributed by atoms with Gasteiger partial charge >= 0.3 is 0 Å². The summed E-state index contributed by atoms with van der Waals surface area (Å²) in [6.45, 7) is 2.08. The lowest BCUT2D eigenvalue weighted by atomic mass is 9.84. The van der Waals surface area contributed by atoms with E-state index in [-0.39, 0.29) is 12.1 Å². The van der Waals surface area contributed by atoms with Crippen molar-refractivity contribution in [3.05, 3.63) is 64.7 Å². The zero-order chi connectivity index (χ0) is 17.2. The van der Waals surface area contributed by atoms with Gasteiger partial charge in [0.1, 0.15) is 11.9 Å². The number of fused-ring (bicyclic) bond motifs is 1. The van der Waals surface area contributed by atoms with E-state index >= 15 is 0 Å². The number of aryl methyl sites for hydroxylation is 1. The van der Waals surface area contributed by atoms with Crippen LogP contribution in [0.3, 0.4) is 0 Å². The number of benzene rings is 2. The Hall–Kier alpha value is -1.55. The van der Waals surface area contributed by atoms with Crippen molar-refractivity contribution in [1.82, 2.24) is 4.90 Å². The summed E-state index contributed by atoms with van der Waals surface area (Å²) in [5, 5.41) is 0.731. The number of hydrogen-bond acceptors (Lipinski definition) is 3. The van der Waals surface area contributed by atoms with E-state index in [1.54, 1.807) is 0 Å². The molecular weight excluding hydrogens is 332 g/mol. The summed E-state index contributed by atoms with van der Waals surface area (Å²) in [5.41, 5.74) is 8.96. The lowest BCUT2D eigenvalue weighted by Crippen LogP contribution is -2.51. The highest BCUT2D eigenvalue weighted by Crippen LogP contribution is 2.37. The zero-order valence-corrected chi connectivity index (χ0v) is 15.2. The third-order valence-electron chi connectivity index (χ3n) is 5.46. The Morgan fingerprint density at radius 3 is 2.64 bits per heavy atom. The predicted octanol–water partition coefficient (Wildman–Crippen LogP) is 4.20. The SMILES string of the molecule is N[C@H]1CCCN(C2CCc3ccccc3C2Oc2ccc(Cl)cc2)C1. The van der Waals surface area contributed by atoms with Crippen LogP contribution in [0.2, 0.25) is 5.02 Å². The van der Waals surface area contributed by atoms with Crippen LogP contribution in [-0.2, 0) is 6.42 Å². The maximum absolute atomic E-state index is 6.50. The van der Waals surface area contributed by atoms with E-state index in [0.29, 0.717) is 6.04 Å². The third-order valence-corrected chi connectivity index (χ3v) is 5.71. The topological polar surface area (TPSA) is 38.5 Å². The van der Waals surface area contributed by atoms with Crippen molar-refractivity contribution in [2.45, 2.75) is 43.9 Å². The van der Waals surface area contributed by atoms with Crippen LogP contribution >= 0.6 is 11.6 Å². The van der Waals surface area contributed by atoms with Crippen molar-refractivity contribution < 1.29 is 4.74 Å². The smallest absolute Gasteiger partial charge is 0.139 e.